The van der Waals surface area contributed by atoms with E-state index in [-0.39, 0.29) is 40.8 Å². The summed E-state index contributed by atoms with van der Waals surface area (Å²) in [6, 6.07) is 0. The molecule has 7 aliphatic rings. The quantitative estimate of drug-likeness (QED) is 0.453. The first-order chi connectivity index (χ1) is 11.7. The average Bonchev–Trinajstić information content (AvgIpc) is 3.30. The summed E-state index contributed by atoms with van der Waals surface area (Å²) in [5.41, 5.74) is -0.427. The molecule has 0 radical (unpaired) electrons. The lowest BCUT2D eigenvalue weighted by molar-refractivity contribution is -0.456. The Kier molecular flexibility index (Phi) is 2.51. The molecule has 7 rings (SSSR count). The summed E-state index contributed by atoms with van der Waals surface area (Å²) in [5, 5.41) is 34.3. The summed E-state index contributed by atoms with van der Waals surface area (Å²) < 4.78 is 12.2. The van der Waals surface area contributed by atoms with E-state index in [0.717, 1.165) is 24.8 Å². The van der Waals surface area contributed by atoms with Crippen LogP contribution < -0.4 is 0 Å². The molecule has 5 nitrogen and oxygen atoms in total. The monoisotopic (exact) mass is 348 g/mol. The molecule has 3 aliphatic heterocycles. The van der Waals surface area contributed by atoms with Crippen molar-refractivity contribution in [1.82, 2.24) is 0 Å². The number of ether oxygens (including phenoxy) is 2. The van der Waals surface area contributed by atoms with Gasteiger partial charge in [-0.2, -0.15) is 0 Å². The zero-order valence-electron chi connectivity index (χ0n) is 14.9. The maximum Gasteiger partial charge on any atom is 0.201 e. The molecule has 0 aromatic rings. The molecule has 0 aromatic heterocycles. The van der Waals surface area contributed by atoms with Gasteiger partial charge in [-0.15, -0.1) is 0 Å². The van der Waals surface area contributed by atoms with Crippen LogP contribution in [0.4, 0.5) is 0 Å². The Morgan fingerprint density at radius 3 is 2.64 bits per heavy atom. The van der Waals surface area contributed by atoms with Crippen LogP contribution in [0.1, 0.15) is 39.5 Å². The predicted octanol–water partition coefficient (Wildman–Crippen LogP) is 1.21. The summed E-state index contributed by atoms with van der Waals surface area (Å²) >= 11 is 0. The lowest BCUT2D eigenvalue weighted by Gasteiger charge is -2.74. The summed E-state index contributed by atoms with van der Waals surface area (Å²) in [5.74, 6) is -1.65. The number of hydrogen-bond acceptors (Lipinski definition) is 5. The van der Waals surface area contributed by atoms with E-state index >= 15 is 0 Å². The maximum absolute atomic E-state index is 11.7. The van der Waals surface area contributed by atoms with Crippen molar-refractivity contribution in [1.29, 1.82) is 0 Å². The van der Waals surface area contributed by atoms with E-state index in [2.05, 4.69) is 20.4 Å². The minimum absolute atomic E-state index is 0.0298. The summed E-state index contributed by atoms with van der Waals surface area (Å²) in [6.45, 7) is 9.00. The van der Waals surface area contributed by atoms with Crippen LogP contribution in [0.2, 0.25) is 0 Å². The van der Waals surface area contributed by atoms with Gasteiger partial charge in [0, 0.05) is 23.2 Å². The van der Waals surface area contributed by atoms with Crippen molar-refractivity contribution < 1.29 is 24.8 Å². The van der Waals surface area contributed by atoms with Gasteiger partial charge >= 0.3 is 0 Å². The second-order valence-electron chi connectivity index (χ2n) is 10.4. The Labute approximate surface area is 148 Å². The van der Waals surface area contributed by atoms with E-state index < -0.39 is 23.4 Å². The number of epoxide rings is 1. The fourth-order valence-electron chi connectivity index (χ4n) is 8.46. The molecule has 4 bridgehead atoms. The third-order valence-corrected chi connectivity index (χ3v) is 9.20. The first-order valence-electron chi connectivity index (χ1n) is 9.77. The average molecular weight is 348 g/mol. The van der Waals surface area contributed by atoms with Crippen LogP contribution >= 0.6 is 0 Å². The highest BCUT2D eigenvalue weighted by Crippen LogP contribution is 2.79. The largest absolute Gasteiger partial charge is 0.388 e. The molecule has 3 N–H and O–H groups in total. The van der Waals surface area contributed by atoms with Crippen molar-refractivity contribution in [2.24, 2.45) is 34.0 Å². The van der Waals surface area contributed by atoms with Crippen molar-refractivity contribution in [3.63, 3.8) is 0 Å². The smallest absolute Gasteiger partial charge is 0.201 e. The maximum atomic E-state index is 11.7. The Morgan fingerprint density at radius 1 is 1.12 bits per heavy atom. The van der Waals surface area contributed by atoms with E-state index in [1.807, 2.05) is 0 Å². The van der Waals surface area contributed by atoms with E-state index in [1.165, 1.54) is 0 Å². The third-order valence-electron chi connectivity index (χ3n) is 9.20. The molecule has 2 spiro atoms. The second kappa shape index (κ2) is 4.02. The number of hydrogen-bond donors (Lipinski definition) is 3. The van der Waals surface area contributed by atoms with Crippen molar-refractivity contribution in [3.8, 4) is 0 Å². The highest BCUT2D eigenvalue weighted by molar-refractivity contribution is 5.39. The normalized spacial score (nSPS) is 66.0. The molecule has 4 aliphatic carbocycles. The Balaban J connectivity index is 1.62. The minimum Gasteiger partial charge on any atom is -0.388 e. The first kappa shape index (κ1) is 15.6. The van der Waals surface area contributed by atoms with Crippen LogP contribution in [0.5, 0.6) is 0 Å². The SMILES string of the molecule is C=C1[C@H]2C[C@@]3([C@@H]1O)[C@@H]([C@@H]1O[C@@H]12)[C@]12CCCC(C)(C)[C@H]1[C@H](O)[C@@]3(O)OC2. The minimum atomic E-state index is -1.72. The molecule has 0 aromatic carbocycles. The van der Waals surface area contributed by atoms with Crippen molar-refractivity contribution in [2.75, 3.05) is 6.61 Å². The molecule has 5 heteroatoms. The van der Waals surface area contributed by atoms with Gasteiger partial charge in [-0.25, -0.2) is 0 Å². The van der Waals surface area contributed by atoms with Gasteiger partial charge in [0.15, 0.2) is 0 Å². The topological polar surface area (TPSA) is 82.5 Å². The molecule has 0 unspecified atom stereocenters. The van der Waals surface area contributed by atoms with Crippen LogP contribution in [-0.4, -0.2) is 52.1 Å². The summed E-state index contributed by atoms with van der Waals surface area (Å²) in [7, 11) is 0. The van der Waals surface area contributed by atoms with Gasteiger partial charge in [0.05, 0.1) is 30.3 Å². The highest BCUT2D eigenvalue weighted by Gasteiger charge is 2.87. The van der Waals surface area contributed by atoms with Gasteiger partial charge in [0.25, 0.3) is 0 Å². The molecule has 10 atom stereocenters. The molecule has 4 saturated carbocycles. The van der Waals surface area contributed by atoms with Gasteiger partial charge in [-0.05, 0) is 30.3 Å². The predicted molar refractivity (Wildman–Crippen MR) is 88.3 cm³/mol. The molecule has 3 saturated heterocycles. The lowest BCUT2D eigenvalue weighted by Crippen LogP contribution is -2.82. The molecule has 25 heavy (non-hydrogen) atoms. The van der Waals surface area contributed by atoms with E-state index in [1.54, 1.807) is 0 Å². The highest BCUT2D eigenvalue weighted by atomic mass is 16.6. The van der Waals surface area contributed by atoms with Crippen molar-refractivity contribution >= 4 is 0 Å². The number of aliphatic hydroxyl groups excluding tert-OH is 2. The number of aliphatic hydroxyl groups is 3. The van der Waals surface area contributed by atoms with Crippen LogP contribution in [0, 0.1) is 34.0 Å². The van der Waals surface area contributed by atoms with Crippen molar-refractivity contribution in [2.45, 2.75) is 69.7 Å². The van der Waals surface area contributed by atoms with Gasteiger partial charge in [0.2, 0.25) is 5.79 Å². The first-order valence-corrected chi connectivity index (χ1v) is 9.77. The Bertz CT molecular complexity index is 690. The fraction of sp³-hybridized carbons (Fsp3) is 0.900. The number of rotatable bonds is 0. The Morgan fingerprint density at radius 2 is 1.88 bits per heavy atom. The molecule has 7 fully saturated rings. The summed E-state index contributed by atoms with van der Waals surface area (Å²) in [4.78, 5) is 0. The van der Waals surface area contributed by atoms with E-state index in [4.69, 9.17) is 9.47 Å². The molecular weight excluding hydrogens is 320 g/mol. The van der Waals surface area contributed by atoms with Crippen molar-refractivity contribution in [3.05, 3.63) is 12.2 Å². The Hall–Kier alpha value is -0.460. The standard InChI is InChI=1S/C20H28O5/c1-9-10-7-19(15(9)21)13(12-11(10)25-12)18-6-4-5-17(2,3)14(18)16(22)20(19,23)24-8-18/h10-16,21-23H,1,4-8H2,2-3H3/t10-,11-,12-,13+,14-,15-,16+,18-,19+,20-/m1/s1. The molecule has 0 amide bonds. The zero-order chi connectivity index (χ0) is 17.6. The summed E-state index contributed by atoms with van der Waals surface area (Å²) in [6.07, 6.45) is 2.08. The van der Waals surface area contributed by atoms with Gasteiger partial charge in [-0.1, -0.05) is 26.8 Å². The van der Waals surface area contributed by atoms with E-state index in [0.29, 0.717) is 13.0 Å². The fourth-order valence-corrected chi connectivity index (χ4v) is 8.46. The lowest BCUT2D eigenvalue weighted by atomic mass is 9.36. The second-order valence-corrected chi connectivity index (χ2v) is 10.4. The third kappa shape index (κ3) is 1.33. The molecular formula is C20H28O5. The molecule has 3 heterocycles. The van der Waals surface area contributed by atoms with Gasteiger partial charge in [0.1, 0.15) is 6.10 Å². The van der Waals surface area contributed by atoms with Crippen LogP contribution in [0.25, 0.3) is 0 Å². The van der Waals surface area contributed by atoms with Crippen LogP contribution in [-0.2, 0) is 9.47 Å². The molecule has 138 valence electrons. The van der Waals surface area contributed by atoms with Crippen LogP contribution in [0.15, 0.2) is 12.2 Å². The van der Waals surface area contributed by atoms with Gasteiger partial charge < -0.3 is 24.8 Å². The van der Waals surface area contributed by atoms with E-state index in [9.17, 15) is 15.3 Å². The number of fused-ring (bicyclic) bond motifs is 4. The van der Waals surface area contributed by atoms with Gasteiger partial charge in [-0.3, -0.25) is 0 Å². The zero-order valence-corrected chi connectivity index (χ0v) is 14.9. The van der Waals surface area contributed by atoms with Crippen LogP contribution in [0.3, 0.4) is 0 Å².